The second kappa shape index (κ2) is 6.55. The first kappa shape index (κ1) is 16.2. The number of benzene rings is 1. The standard InChI is InChI=1S/C18H19F2N3O2/c19-12-7-11(8-13(20)9-12)17-22-15-10-23(6-4-16(15)25-17)18(24)14-3-1-2-5-21-14/h7-9,14,21H,1-6,10H2. The van der Waals surface area contributed by atoms with E-state index in [1.807, 2.05) is 0 Å². The molecule has 4 rings (SSSR count). The number of nitrogens with zero attached hydrogens (tertiary/aromatic N) is 2. The van der Waals surface area contributed by atoms with Crippen molar-refractivity contribution in [2.24, 2.45) is 0 Å². The summed E-state index contributed by atoms with van der Waals surface area (Å²) in [5.41, 5.74) is 0.925. The zero-order valence-corrected chi connectivity index (χ0v) is 13.7. The summed E-state index contributed by atoms with van der Waals surface area (Å²) in [6, 6.07) is 3.06. The van der Waals surface area contributed by atoms with Crippen molar-refractivity contribution in [3.05, 3.63) is 41.3 Å². The summed E-state index contributed by atoms with van der Waals surface area (Å²) < 4.78 is 32.5. The number of rotatable bonds is 2. The molecular weight excluding hydrogens is 328 g/mol. The smallest absolute Gasteiger partial charge is 0.240 e. The minimum atomic E-state index is -0.675. The zero-order valence-electron chi connectivity index (χ0n) is 13.7. The number of carbonyl (C=O) groups excluding carboxylic acids is 1. The molecule has 132 valence electrons. The van der Waals surface area contributed by atoms with Gasteiger partial charge >= 0.3 is 0 Å². The lowest BCUT2D eigenvalue weighted by Crippen LogP contribution is -2.49. The molecule has 0 aliphatic carbocycles. The van der Waals surface area contributed by atoms with Gasteiger partial charge in [-0.3, -0.25) is 4.79 Å². The predicted octanol–water partition coefficient (Wildman–Crippen LogP) is 2.65. The highest BCUT2D eigenvalue weighted by molar-refractivity contribution is 5.82. The Hall–Kier alpha value is -2.28. The lowest BCUT2D eigenvalue weighted by Gasteiger charge is -2.31. The number of nitrogens with one attached hydrogen (secondary N) is 1. The van der Waals surface area contributed by atoms with Gasteiger partial charge in [-0.2, -0.15) is 0 Å². The first-order valence-corrected chi connectivity index (χ1v) is 8.57. The SMILES string of the molecule is O=C(C1CCCCN1)N1CCc2oc(-c3cc(F)cc(F)c3)nc2C1. The van der Waals surface area contributed by atoms with E-state index in [0.717, 1.165) is 31.9 Å². The number of oxazole rings is 1. The van der Waals surface area contributed by atoms with E-state index in [1.165, 1.54) is 12.1 Å². The van der Waals surface area contributed by atoms with Crippen molar-refractivity contribution in [1.29, 1.82) is 0 Å². The van der Waals surface area contributed by atoms with Gasteiger partial charge in [0, 0.05) is 24.6 Å². The summed E-state index contributed by atoms with van der Waals surface area (Å²) in [6.45, 7) is 1.80. The molecule has 1 aromatic heterocycles. The van der Waals surface area contributed by atoms with Gasteiger partial charge in [0.1, 0.15) is 23.1 Å². The van der Waals surface area contributed by atoms with Crippen LogP contribution in [0, 0.1) is 11.6 Å². The summed E-state index contributed by atoms with van der Waals surface area (Å²) >= 11 is 0. The van der Waals surface area contributed by atoms with Crippen molar-refractivity contribution >= 4 is 5.91 Å². The monoisotopic (exact) mass is 347 g/mol. The van der Waals surface area contributed by atoms with Crippen LogP contribution in [0.25, 0.3) is 11.5 Å². The van der Waals surface area contributed by atoms with Gasteiger partial charge in [-0.05, 0) is 31.5 Å². The van der Waals surface area contributed by atoms with Gasteiger partial charge in [0.05, 0.1) is 12.6 Å². The molecule has 25 heavy (non-hydrogen) atoms. The molecule has 1 fully saturated rings. The lowest BCUT2D eigenvalue weighted by molar-refractivity contribution is -0.135. The third-order valence-corrected chi connectivity index (χ3v) is 4.76. The van der Waals surface area contributed by atoms with Crippen LogP contribution in [0.2, 0.25) is 0 Å². The molecule has 2 aliphatic heterocycles. The first-order chi connectivity index (χ1) is 12.1. The number of carbonyl (C=O) groups is 1. The zero-order chi connectivity index (χ0) is 17.4. The van der Waals surface area contributed by atoms with E-state index in [2.05, 4.69) is 10.3 Å². The quantitative estimate of drug-likeness (QED) is 0.907. The fourth-order valence-corrected chi connectivity index (χ4v) is 3.47. The van der Waals surface area contributed by atoms with Crippen LogP contribution >= 0.6 is 0 Å². The Morgan fingerprint density at radius 3 is 2.76 bits per heavy atom. The van der Waals surface area contributed by atoms with E-state index in [-0.39, 0.29) is 23.4 Å². The molecule has 2 aromatic rings. The van der Waals surface area contributed by atoms with Gasteiger partial charge in [0.15, 0.2) is 0 Å². The Morgan fingerprint density at radius 2 is 2.04 bits per heavy atom. The molecule has 0 spiro atoms. The summed E-state index contributed by atoms with van der Waals surface area (Å²) in [4.78, 5) is 18.8. The summed E-state index contributed by atoms with van der Waals surface area (Å²) in [6.07, 6.45) is 3.57. The first-order valence-electron chi connectivity index (χ1n) is 8.57. The van der Waals surface area contributed by atoms with Crippen molar-refractivity contribution in [3.8, 4) is 11.5 Å². The molecule has 1 N–H and O–H groups in total. The Bertz CT molecular complexity index is 779. The molecular formula is C18H19F2N3O2. The Balaban J connectivity index is 1.53. The van der Waals surface area contributed by atoms with Crippen LogP contribution < -0.4 is 5.32 Å². The Morgan fingerprint density at radius 1 is 1.24 bits per heavy atom. The van der Waals surface area contributed by atoms with Crippen LogP contribution in [0.5, 0.6) is 0 Å². The van der Waals surface area contributed by atoms with Crippen LogP contribution in [0.1, 0.15) is 30.7 Å². The Labute approximate surface area is 144 Å². The molecule has 2 aliphatic rings. The van der Waals surface area contributed by atoms with E-state index in [4.69, 9.17) is 4.42 Å². The second-order valence-corrected chi connectivity index (χ2v) is 6.56. The lowest BCUT2D eigenvalue weighted by atomic mass is 10.0. The third-order valence-electron chi connectivity index (χ3n) is 4.76. The van der Waals surface area contributed by atoms with Crippen LogP contribution in [0.15, 0.2) is 22.6 Å². The topological polar surface area (TPSA) is 58.4 Å². The van der Waals surface area contributed by atoms with Crippen LogP contribution in [0.3, 0.4) is 0 Å². The molecule has 0 bridgehead atoms. The maximum absolute atomic E-state index is 13.4. The van der Waals surface area contributed by atoms with Gasteiger partial charge < -0.3 is 14.6 Å². The number of piperidine rings is 1. The van der Waals surface area contributed by atoms with Crippen molar-refractivity contribution in [3.63, 3.8) is 0 Å². The number of hydrogen-bond acceptors (Lipinski definition) is 4. The van der Waals surface area contributed by atoms with Gasteiger partial charge in [0.2, 0.25) is 11.8 Å². The van der Waals surface area contributed by atoms with E-state index in [1.54, 1.807) is 4.90 Å². The van der Waals surface area contributed by atoms with E-state index in [9.17, 15) is 13.6 Å². The van der Waals surface area contributed by atoms with Crippen LogP contribution in [0.4, 0.5) is 8.78 Å². The molecule has 1 atom stereocenters. The van der Waals surface area contributed by atoms with Crippen LogP contribution in [-0.2, 0) is 17.8 Å². The maximum atomic E-state index is 13.4. The molecule has 1 unspecified atom stereocenters. The number of aromatic nitrogens is 1. The van der Waals surface area contributed by atoms with Crippen LogP contribution in [-0.4, -0.2) is 34.9 Å². The van der Waals surface area contributed by atoms with Crippen molar-refractivity contribution in [2.45, 2.75) is 38.3 Å². The Kier molecular flexibility index (Phi) is 4.25. The maximum Gasteiger partial charge on any atom is 0.240 e. The van der Waals surface area contributed by atoms with Crippen molar-refractivity contribution < 1.29 is 18.0 Å². The van der Waals surface area contributed by atoms with Gasteiger partial charge in [0.25, 0.3) is 0 Å². The summed E-state index contributed by atoms with van der Waals surface area (Å²) in [5.74, 6) is -0.391. The average Bonchev–Trinajstić information content (AvgIpc) is 3.04. The van der Waals surface area contributed by atoms with E-state index >= 15 is 0 Å². The minimum absolute atomic E-state index is 0.0895. The summed E-state index contributed by atoms with van der Waals surface area (Å²) in [5, 5.41) is 3.27. The second-order valence-electron chi connectivity index (χ2n) is 6.56. The molecule has 0 saturated carbocycles. The molecule has 5 nitrogen and oxygen atoms in total. The molecule has 0 radical (unpaired) electrons. The highest BCUT2D eigenvalue weighted by Gasteiger charge is 2.30. The number of amides is 1. The highest BCUT2D eigenvalue weighted by atomic mass is 19.1. The van der Waals surface area contributed by atoms with Gasteiger partial charge in [-0.25, -0.2) is 13.8 Å². The highest BCUT2D eigenvalue weighted by Crippen LogP contribution is 2.27. The number of halogens is 2. The molecule has 1 saturated heterocycles. The molecule has 1 amide bonds. The third kappa shape index (κ3) is 3.28. The fourth-order valence-electron chi connectivity index (χ4n) is 3.47. The molecule has 3 heterocycles. The van der Waals surface area contributed by atoms with E-state index in [0.29, 0.717) is 31.0 Å². The van der Waals surface area contributed by atoms with Gasteiger partial charge in [-0.1, -0.05) is 6.42 Å². The normalized spacial score (nSPS) is 20.4. The van der Waals surface area contributed by atoms with Crippen molar-refractivity contribution in [1.82, 2.24) is 15.2 Å². The largest absolute Gasteiger partial charge is 0.441 e. The van der Waals surface area contributed by atoms with Gasteiger partial charge in [-0.15, -0.1) is 0 Å². The number of hydrogen-bond donors (Lipinski definition) is 1. The number of fused-ring (bicyclic) bond motifs is 1. The minimum Gasteiger partial charge on any atom is -0.441 e. The molecule has 7 heteroatoms. The average molecular weight is 347 g/mol. The molecule has 1 aromatic carbocycles. The predicted molar refractivity (Wildman–Crippen MR) is 86.6 cm³/mol. The summed E-state index contributed by atoms with van der Waals surface area (Å²) in [7, 11) is 0. The fraction of sp³-hybridized carbons (Fsp3) is 0.444. The van der Waals surface area contributed by atoms with E-state index < -0.39 is 11.6 Å². The van der Waals surface area contributed by atoms with Crippen molar-refractivity contribution in [2.75, 3.05) is 13.1 Å².